The Kier molecular flexibility index (Phi) is 8.54. The summed E-state index contributed by atoms with van der Waals surface area (Å²) in [6, 6.07) is 8.84. The zero-order chi connectivity index (χ0) is 33.2. The summed E-state index contributed by atoms with van der Waals surface area (Å²) >= 11 is 0. The molecule has 0 aliphatic carbocycles. The third-order valence-corrected chi connectivity index (χ3v) is 7.89. The molecule has 3 N–H and O–H groups in total. The summed E-state index contributed by atoms with van der Waals surface area (Å²) < 4.78 is 60.8. The molecule has 3 heterocycles. The van der Waals surface area contributed by atoms with E-state index in [4.69, 9.17) is 0 Å². The Morgan fingerprint density at radius 3 is 2.24 bits per heavy atom. The van der Waals surface area contributed by atoms with Crippen LogP contribution >= 0.6 is 0 Å². The van der Waals surface area contributed by atoms with Crippen molar-refractivity contribution in [3.05, 3.63) is 123 Å². The molecule has 15 nitrogen and oxygen atoms in total. The number of aryl methyl sites for hydroxylation is 1. The predicted octanol–water partition coefficient (Wildman–Crippen LogP) is 1.02. The fourth-order valence-electron chi connectivity index (χ4n) is 4.32. The Balaban J connectivity index is 1.30. The Bertz CT molecular complexity index is 2140. The molecule has 1 amide bonds. The normalized spacial score (nSPS) is 12.0. The highest BCUT2D eigenvalue weighted by Crippen LogP contribution is 2.22. The van der Waals surface area contributed by atoms with Gasteiger partial charge in [0.1, 0.15) is 23.2 Å². The lowest BCUT2D eigenvalue weighted by atomic mass is 10.0. The second kappa shape index (κ2) is 12.5. The first kappa shape index (κ1) is 31.4. The van der Waals surface area contributed by atoms with E-state index in [0.29, 0.717) is 23.4 Å². The van der Waals surface area contributed by atoms with Gasteiger partial charge in [-0.1, -0.05) is 17.3 Å². The molecule has 0 fully saturated rings. The van der Waals surface area contributed by atoms with Crippen LogP contribution in [0.1, 0.15) is 15.9 Å². The van der Waals surface area contributed by atoms with Gasteiger partial charge in [0.15, 0.2) is 5.03 Å². The number of carbonyl (C=O) groups excluding carboxylic acids is 1. The number of rotatable bonds is 10. The van der Waals surface area contributed by atoms with E-state index in [-0.39, 0.29) is 12.1 Å². The number of pyridine rings is 1. The van der Waals surface area contributed by atoms with E-state index >= 15 is 0 Å². The Morgan fingerprint density at radius 1 is 0.978 bits per heavy atom. The third kappa shape index (κ3) is 6.55. The number of carbonyl (C=O) groups is 2. The monoisotopic (exact) mass is 652 g/mol. The second-order valence-electron chi connectivity index (χ2n) is 9.74. The van der Waals surface area contributed by atoms with Crippen LogP contribution in [0.25, 0.3) is 11.4 Å². The molecule has 0 spiro atoms. The SMILES string of the molecule is Cn1ccc(=O)n(-c2ccc(C[C@H](NC(=O)c3c(F)cc(NS(=O)(=O)c4ccc(-n5ccnn5)cn4)cc3F)C(=O)O)cc2)c1=O. The number of hydrogen-bond acceptors (Lipinski definition) is 9. The van der Waals surface area contributed by atoms with Crippen molar-refractivity contribution < 1.29 is 31.9 Å². The number of hydrogen-bond donors (Lipinski definition) is 3. The summed E-state index contributed by atoms with van der Waals surface area (Å²) in [4.78, 5) is 53.1. The van der Waals surface area contributed by atoms with Gasteiger partial charge in [0.2, 0.25) is 0 Å². The quantitative estimate of drug-likeness (QED) is 0.196. The molecular weight excluding hydrogens is 630 g/mol. The van der Waals surface area contributed by atoms with E-state index < -0.39 is 67.1 Å². The molecule has 0 unspecified atom stereocenters. The molecule has 2 aromatic carbocycles. The molecule has 5 rings (SSSR count). The minimum atomic E-state index is -4.41. The number of aromatic nitrogens is 6. The van der Waals surface area contributed by atoms with E-state index in [1.807, 2.05) is 4.72 Å². The van der Waals surface area contributed by atoms with Crippen LogP contribution in [0.15, 0.2) is 94.0 Å². The average Bonchev–Trinajstić information content (AvgIpc) is 3.54. The number of benzene rings is 2. The smallest absolute Gasteiger partial charge is 0.335 e. The predicted molar refractivity (Wildman–Crippen MR) is 156 cm³/mol. The van der Waals surface area contributed by atoms with Crippen molar-refractivity contribution in [3.8, 4) is 11.4 Å². The molecule has 3 aromatic heterocycles. The van der Waals surface area contributed by atoms with Crippen LogP contribution in [0.5, 0.6) is 0 Å². The fourth-order valence-corrected chi connectivity index (χ4v) is 5.29. The molecule has 1 atom stereocenters. The molecule has 0 bridgehead atoms. The van der Waals surface area contributed by atoms with Crippen molar-refractivity contribution in [1.82, 2.24) is 34.4 Å². The van der Waals surface area contributed by atoms with Crippen LogP contribution in [0.4, 0.5) is 14.5 Å². The molecule has 5 aromatic rings. The van der Waals surface area contributed by atoms with Crippen molar-refractivity contribution in [2.24, 2.45) is 7.05 Å². The zero-order valence-corrected chi connectivity index (χ0v) is 24.4. The highest BCUT2D eigenvalue weighted by molar-refractivity contribution is 7.92. The maximum atomic E-state index is 15.0. The van der Waals surface area contributed by atoms with Gasteiger partial charge in [0.25, 0.3) is 21.5 Å². The van der Waals surface area contributed by atoms with E-state index in [9.17, 15) is 41.5 Å². The van der Waals surface area contributed by atoms with Gasteiger partial charge < -0.3 is 15.0 Å². The van der Waals surface area contributed by atoms with Gasteiger partial charge in [-0.25, -0.2) is 32.6 Å². The van der Waals surface area contributed by atoms with Crippen molar-refractivity contribution >= 4 is 27.6 Å². The zero-order valence-electron chi connectivity index (χ0n) is 23.5. The standard InChI is InChI=1S/C28H22F2N8O7S/c1-36-10-8-24(39)38(28(36)43)18-4-2-16(3-5-18)12-22(27(41)42)33-26(40)25-20(29)13-17(14-21(25)30)34-46(44,45)23-7-6-19(15-31-23)37-11-9-32-35-37/h2-11,13-15,22,34H,12H2,1H3,(H,33,40)(H,41,42)/t22-/m0/s1. The molecule has 0 aliphatic rings. The number of halogens is 2. The number of carboxylic acid groups (broad SMARTS) is 1. The van der Waals surface area contributed by atoms with Crippen LogP contribution in [0, 0.1) is 11.6 Å². The van der Waals surface area contributed by atoms with Crippen molar-refractivity contribution in [3.63, 3.8) is 0 Å². The van der Waals surface area contributed by atoms with Gasteiger partial charge in [0.05, 0.1) is 35.7 Å². The summed E-state index contributed by atoms with van der Waals surface area (Å²) in [6.45, 7) is 0. The van der Waals surface area contributed by atoms with E-state index in [1.54, 1.807) is 0 Å². The number of anilines is 1. The minimum Gasteiger partial charge on any atom is -0.480 e. The summed E-state index contributed by atoms with van der Waals surface area (Å²) in [5.41, 5.74) is -1.92. The summed E-state index contributed by atoms with van der Waals surface area (Å²) in [7, 11) is -2.95. The van der Waals surface area contributed by atoms with Gasteiger partial charge in [-0.3, -0.25) is 14.3 Å². The molecule has 46 heavy (non-hydrogen) atoms. The van der Waals surface area contributed by atoms with E-state index in [0.717, 1.165) is 10.6 Å². The minimum absolute atomic E-state index is 0.213. The number of aliphatic carboxylic acids is 1. The van der Waals surface area contributed by atoms with E-state index in [2.05, 4.69) is 20.6 Å². The maximum absolute atomic E-state index is 15.0. The van der Waals surface area contributed by atoms with Gasteiger partial charge in [-0.2, -0.15) is 8.42 Å². The lowest BCUT2D eigenvalue weighted by Crippen LogP contribution is -2.43. The van der Waals surface area contributed by atoms with Crippen LogP contribution in [-0.4, -0.2) is 60.6 Å². The third-order valence-electron chi connectivity index (χ3n) is 6.60. The molecule has 0 aliphatic heterocycles. The summed E-state index contributed by atoms with van der Waals surface area (Å²) in [5, 5.41) is 18.6. The molecule has 0 radical (unpaired) electrons. The number of amides is 1. The molecule has 236 valence electrons. The molecule has 18 heteroatoms. The Hall–Kier alpha value is -6.04. The topological polar surface area (TPSA) is 200 Å². The summed E-state index contributed by atoms with van der Waals surface area (Å²) in [5.74, 6) is -5.85. The first-order chi connectivity index (χ1) is 21.8. The van der Waals surface area contributed by atoms with Crippen LogP contribution in [0.2, 0.25) is 0 Å². The highest BCUT2D eigenvalue weighted by atomic mass is 32.2. The molecular formula is C28H22F2N8O7S. The van der Waals surface area contributed by atoms with Crippen LogP contribution < -0.4 is 21.3 Å². The number of nitrogens with zero attached hydrogens (tertiary/aromatic N) is 6. The van der Waals surface area contributed by atoms with Crippen LogP contribution in [-0.2, 0) is 28.3 Å². The lowest BCUT2D eigenvalue weighted by molar-refractivity contribution is -0.139. The first-order valence-corrected chi connectivity index (χ1v) is 14.6. The summed E-state index contributed by atoms with van der Waals surface area (Å²) in [6.07, 6.45) is 5.09. The Labute approximate surface area is 257 Å². The van der Waals surface area contributed by atoms with Gasteiger partial charge in [0, 0.05) is 25.7 Å². The highest BCUT2D eigenvalue weighted by Gasteiger charge is 2.27. The number of nitrogens with one attached hydrogen (secondary N) is 2. The number of carboxylic acids is 1. The number of sulfonamides is 1. The Morgan fingerprint density at radius 2 is 1.65 bits per heavy atom. The molecule has 0 saturated carbocycles. The van der Waals surface area contributed by atoms with Gasteiger partial charge >= 0.3 is 11.7 Å². The van der Waals surface area contributed by atoms with Crippen molar-refractivity contribution in [2.45, 2.75) is 17.5 Å². The fraction of sp³-hybridized carbons (Fsp3) is 0.107. The van der Waals surface area contributed by atoms with Gasteiger partial charge in [-0.05, 0) is 42.0 Å². The molecule has 0 saturated heterocycles. The van der Waals surface area contributed by atoms with Crippen molar-refractivity contribution in [2.75, 3.05) is 4.72 Å². The van der Waals surface area contributed by atoms with E-state index in [1.165, 1.54) is 77.5 Å². The van der Waals surface area contributed by atoms with Gasteiger partial charge in [-0.15, -0.1) is 5.10 Å². The second-order valence-corrected chi connectivity index (χ2v) is 11.4. The first-order valence-electron chi connectivity index (χ1n) is 13.1. The maximum Gasteiger partial charge on any atom is 0.335 e. The largest absolute Gasteiger partial charge is 0.480 e. The van der Waals surface area contributed by atoms with Crippen LogP contribution in [0.3, 0.4) is 0 Å². The average molecular weight is 653 g/mol. The van der Waals surface area contributed by atoms with Crippen molar-refractivity contribution in [1.29, 1.82) is 0 Å². The lowest BCUT2D eigenvalue weighted by Gasteiger charge is -2.16.